The highest BCUT2D eigenvalue weighted by molar-refractivity contribution is 9.09. The molecule has 2 heteroatoms. The number of rotatable bonds is 1. The predicted molar refractivity (Wildman–Crippen MR) is 61.1 cm³/mol. The Balaban J connectivity index is 2.24. The van der Waals surface area contributed by atoms with Crippen LogP contribution in [0, 0.1) is 35.0 Å². The molecule has 4 atom stereocenters. The number of aliphatic hydroxyl groups is 1. The van der Waals surface area contributed by atoms with E-state index in [9.17, 15) is 0 Å². The molecule has 0 spiro atoms. The summed E-state index contributed by atoms with van der Waals surface area (Å²) in [6.45, 7) is 2.29. The van der Waals surface area contributed by atoms with Crippen molar-refractivity contribution in [1.82, 2.24) is 0 Å². The topological polar surface area (TPSA) is 20.2 Å². The quantitative estimate of drug-likeness (QED) is 0.565. The van der Waals surface area contributed by atoms with Gasteiger partial charge in [0.15, 0.2) is 0 Å². The Hall–Kier alpha value is 0. The van der Waals surface area contributed by atoms with Crippen LogP contribution in [0.4, 0.5) is 0 Å². The normalized spacial score (nSPS) is 44.9. The zero-order valence-corrected chi connectivity index (χ0v) is 10.2. The van der Waals surface area contributed by atoms with Crippen molar-refractivity contribution in [3.8, 4) is 11.8 Å². The summed E-state index contributed by atoms with van der Waals surface area (Å²) >= 11 is 3.62. The van der Waals surface area contributed by atoms with Crippen LogP contribution in [-0.4, -0.2) is 17.0 Å². The minimum atomic E-state index is 0.00197. The van der Waals surface area contributed by atoms with Crippen LogP contribution in [0.1, 0.15) is 26.2 Å². The maximum Gasteiger partial charge on any atom is 0.104 e. The van der Waals surface area contributed by atoms with Crippen LogP contribution in [0.2, 0.25) is 0 Å². The Labute approximate surface area is 94.4 Å². The fourth-order valence-electron chi connectivity index (χ4n) is 3.43. The molecule has 0 aromatic rings. The largest absolute Gasteiger partial charge is 0.384 e. The standard InChI is InChI=1S/C12H17BrO/c1-12(5-2-6-14)10-4-3-9(7-10)11(12)8-13/h9-11,14H,3-4,6-8H2,1H3/t9?,10-,11?,12?/m1/s1. The van der Waals surface area contributed by atoms with E-state index in [2.05, 4.69) is 34.7 Å². The van der Waals surface area contributed by atoms with E-state index >= 15 is 0 Å². The van der Waals surface area contributed by atoms with Gasteiger partial charge < -0.3 is 5.11 Å². The molecule has 2 saturated carbocycles. The summed E-state index contributed by atoms with van der Waals surface area (Å²) < 4.78 is 0. The van der Waals surface area contributed by atoms with Gasteiger partial charge in [-0.15, -0.1) is 0 Å². The van der Waals surface area contributed by atoms with Gasteiger partial charge in [-0.2, -0.15) is 0 Å². The first-order valence-electron chi connectivity index (χ1n) is 5.39. The van der Waals surface area contributed by atoms with Crippen LogP contribution in [0.25, 0.3) is 0 Å². The Bertz CT molecular complexity index is 278. The average molecular weight is 257 g/mol. The lowest BCUT2D eigenvalue weighted by molar-refractivity contribution is 0.189. The number of aliphatic hydroxyl groups excluding tert-OH is 1. The Kier molecular flexibility index (Phi) is 2.91. The zero-order valence-electron chi connectivity index (χ0n) is 8.59. The zero-order chi connectivity index (χ0) is 10.2. The lowest BCUT2D eigenvalue weighted by Crippen LogP contribution is -2.33. The number of alkyl halides is 1. The van der Waals surface area contributed by atoms with Crippen molar-refractivity contribution in [2.24, 2.45) is 23.2 Å². The van der Waals surface area contributed by atoms with Crippen molar-refractivity contribution >= 4 is 15.9 Å². The van der Waals surface area contributed by atoms with E-state index in [1.165, 1.54) is 19.3 Å². The summed E-state index contributed by atoms with van der Waals surface area (Å²) in [6.07, 6.45) is 4.08. The van der Waals surface area contributed by atoms with Crippen LogP contribution in [0.3, 0.4) is 0 Å². The molecule has 0 heterocycles. The molecule has 3 unspecified atom stereocenters. The molecule has 0 amide bonds. The minimum Gasteiger partial charge on any atom is -0.384 e. The van der Waals surface area contributed by atoms with Gasteiger partial charge in [0.05, 0.1) is 0 Å². The van der Waals surface area contributed by atoms with Crippen LogP contribution in [-0.2, 0) is 0 Å². The Morgan fingerprint density at radius 2 is 2.29 bits per heavy atom. The molecule has 0 saturated heterocycles. The van der Waals surface area contributed by atoms with E-state index in [4.69, 9.17) is 5.11 Å². The molecule has 2 fully saturated rings. The predicted octanol–water partition coefficient (Wildman–Crippen LogP) is 2.43. The first-order valence-corrected chi connectivity index (χ1v) is 6.51. The van der Waals surface area contributed by atoms with Crippen molar-refractivity contribution in [2.75, 3.05) is 11.9 Å². The maximum absolute atomic E-state index is 8.78. The van der Waals surface area contributed by atoms with Gasteiger partial charge in [-0.05, 0) is 43.9 Å². The van der Waals surface area contributed by atoms with Crippen molar-refractivity contribution < 1.29 is 5.11 Å². The second kappa shape index (κ2) is 3.87. The van der Waals surface area contributed by atoms with Gasteiger partial charge in [0.2, 0.25) is 0 Å². The van der Waals surface area contributed by atoms with E-state index in [1.807, 2.05) is 0 Å². The summed E-state index contributed by atoms with van der Waals surface area (Å²) in [6, 6.07) is 0. The molecule has 2 rings (SSSR count). The molecule has 0 aliphatic heterocycles. The SMILES string of the molecule is CC1(C#CCO)C(CBr)C2CC[C@@H]1C2. The van der Waals surface area contributed by atoms with Gasteiger partial charge in [0.1, 0.15) is 6.61 Å². The number of hydrogen-bond acceptors (Lipinski definition) is 1. The molecular formula is C12H17BrO. The summed E-state index contributed by atoms with van der Waals surface area (Å²) in [5, 5.41) is 9.85. The van der Waals surface area contributed by atoms with Gasteiger partial charge in [0.25, 0.3) is 0 Å². The van der Waals surface area contributed by atoms with Crippen LogP contribution in [0.5, 0.6) is 0 Å². The Morgan fingerprint density at radius 1 is 1.50 bits per heavy atom. The van der Waals surface area contributed by atoms with E-state index < -0.39 is 0 Å². The molecule has 0 radical (unpaired) electrons. The minimum absolute atomic E-state index is 0.00197. The van der Waals surface area contributed by atoms with Gasteiger partial charge in [-0.25, -0.2) is 0 Å². The second-order valence-corrected chi connectivity index (χ2v) is 5.42. The lowest BCUT2D eigenvalue weighted by Gasteiger charge is -2.36. The third-order valence-corrected chi connectivity index (χ3v) is 4.96. The fourth-order valence-corrected chi connectivity index (χ4v) is 4.63. The van der Waals surface area contributed by atoms with Crippen LogP contribution < -0.4 is 0 Å². The summed E-state index contributed by atoms with van der Waals surface area (Å²) in [7, 11) is 0. The lowest BCUT2D eigenvalue weighted by atomic mass is 9.68. The highest BCUT2D eigenvalue weighted by Gasteiger charge is 2.53. The molecule has 0 aromatic carbocycles. The number of halogens is 1. The third-order valence-electron chi connectivity index (χ3n) is 4.26. The van der Waals surface area contributed by atoms with Gasteiger partial charge in [0, 0.05) is 10.7 Å². The van der Waals surface area contributed by atoms with Gasteiger partial charge >= 0.3 is 0 Å². The van der Waals surface area contributed by atoms with Crippen molar-refractivity contribution in [3.63, 3.8) is 0 Å². The first-order chi connectivity index (χ1) is 6.72. The average Bonchev–Trinajstić information content (AvgIpc) is 2.74. The van der Waals surface area contributed by atoms with Crippen LogP contribution in [0.15, 0.2) is 0 Å². The van der Waals surface area contributed by atoms with E-state index in [-0.39, 0.29) is 12.0 Å². The number of hydrogen-bond donors (Lipinski definition) is 1. The molecule has 14 heavy (non-hydrogen) atoms. The van der Waals surface area contributed by atoms with Gasteiger partial charge in [-0.1, -0.05) is 27.8 Å². The highest BCUT2D eigenvalue weighted by atomic mass is 79.9. The summed E-state index contributed by atoms with van der Waals surface area (Å²) in [5.41, 5.74) is 0.162. The second-order valence-electron chi connectivity index (χ2n) is 4.77. The van der Waals surface area contributed by atoms with Crippen molar-refractivity contribution in [2.45, 2.75) is 26.2 Å². The molecule has 2 bridgehead atoms. The van der Waals surface area contributed by atoms with Gasteiger partial charge in [-0.3, -0.25) is 0 Å². The molecular weight excluding hydrogens is 240 g/mol. The van der Waals surface area contributed by atoms with Crippen molar-refractivity contribution in [1.29, 1.82) is 0 Å². The van der Waals surface area contributed by atoms with Crippen molar-refractivity contribution in [3.05, 3.63) is 0 Å². The third kappa shape index (κ3) is 1.42. The van der Waals surface area contributed by atoms with E-state index in [1.54, 1.807) is 0 Å². The highest BCUT2D eigenvalue weighted by Crippen LogP contribution is 2.59. The Morgan fingerprint density at radius 3 is 2.93 bits per heavy atom. The van der Waals surface area contributed by atoms with Crippen LogP contribution >= 0.6 is 15.9 Å². The molecule has 0 aromatic heterocycles. The molecule has 1 N–H and O–H groups in total. The summed E-state index contributed by atoms with van der Waals surface area (Å²) in [4.78, 5) is 0. The number of fused-ring (bicyclic) bond motifs is 2. The fraction of sp³-hybridized carbons (Fsp3) is 0.833. The molecule has 2 aliphatic carbocycles. The van der Waals surface area contributed by atoms with E-state index in [0.717, 1.165) is 17.2 Å². The smallest absolute Gasteiger partial charge is 0.104 e. The summed E-state index contributed by atoms with van der Waals surface area (Å²) in [5.74, 6) is 8.51. The monoisotopic (exact) mass is 256 g/mol. The van der Waals surface area contributed by atoms with E-state index in [0.29, 0.717) is 5.92 Å². The maximum atomic E-state index is 8.78. The molecule has 1 nitrogen and oxygen atoms in total. The molecule has 2 aliphatic rings. The molecule has 78 valence electrons. The first kappa shape index (κ1) is 10.5.